The van der Waals surface area contributed by atoms with Crippen LogP contribution in [-0.4, -0.2) is 23.0 Å². The van der Waals surface area contributed by atoms with Gasteiger partial charge in [0.1, 0.15) is 18.5 Å². The molecule has 2 N–H and O–H groups in total. The van der Waals surface area contributed by atoms with Gasteiger partial charge >= 0.3 is 6.09 Å². The minimum absolute atomic E-state index is 0.154. The Morgan fingerprint density at radius 2 is 1.86 bits per heavy atom. The van der Waals surface area contributed by atoms with Gasteiger partial charge in [-0.15, -0.1) is 0 Å². The fraction of sp³-hybridized carbons (Fsp3) is 0.188. The lowest BCUT2D eigenvalue weighted by molar-refractivity contribution is -0.117. The molecule has 2 rings (SSSR count). The number of anilines is 1. The van der Waals surface area contributed by atoms with Gasteiger partial charge in [0.25, 0.3) is 0 Å². The number of pyridine rings is 1. The minimum Gasteiger partial charge on any atom is -0.445 e. The van der Waals surface area contributed by atoms with Crippen LogP contribution in [0.15, 0.2) is 54.7 Å². The molecule has 0 bridgehead atoms. The van der Waals surface area contributed by atoms with E-state index in [2.05, 4.69) is 15.6 Å². The Balaban J connectivity index is 1.77. The molecular weight excluding hydrogens is 282 g/mol. The van der Waals surface area contributed by atoms with Gasteiger partial charge in [0, 0.05) is 6.20 Å². The van der Waals surface area contributed by atoms with Crippen LogP contribution in [-0.2, 0) is 16.1 Å². The van der Waals surface area contributed by atoms with Crippen molar-refractivity contribution in [3.63, 3.8) is 0 Å². The third kappa shape index (κ3) is 4.90. The molecule has 0 aliphatic carbocycles. The average Bonchev–Trinajstić information content (AvgIpc) is 2.55. The van der Waals surface area contributed by atoms with Crippen LogP contribution in [0.25, 0.3) is 0 Å². The molecule has 6 heteroatoms. The second-order valence-electron chi connectivity index (χ2n) is 4.63. The predicted molar refractivity (Wildman–Crippen MR) is 82.1 cm³/mol. The van der Waals surface area contributed by atoms with Gasteiger partial charge in [-0.3, -0.25) is 4.79 Å². The first-order valence-electron chi connectivity index (χ1n) is 6.84. The quantitative estimate of drug-likeness (QED) is 0.888. The number of amides is 2. The monoisotopic (exact) mass is 299 g/mol. The summed E-state index contributed by atoms with van der Waals surface area (Å²) in [6.07, 6.45) is 0.925. The van der Waals surface area contributed by atoms with Gasteiger partial charge in [-0.05, 0) is 24.6 Å². The van der Waals surface area contributed by atoms with E-state index >= 15 is 0 Å². The Bertz CT molecular complexity index is 617. The third-order valence-corrected chi connectivity index (χ3v) is 2.86. The number of aromatic nitrogens is 1. The maximum atomic E-state index is 11.9. The molecule has 114 valence electrons. The zero-order valence-electron chi connectivity index (χ0n) is 12.2. The van der Waals surface area contributed by atoms with Gasteiger partial charge in [-0.1, -0.05) is 36.4 Å². The molecular formula is C16H17N3O3. The number of rotatable bonds is 5. The van der Waals surface area contributed by atoms with E-state index in [1.807, 2.05) is 30.3 Å². The van der Waals surface area contributed by atoms with Crippen LogP contribution in [0.2, 0.25) is 0 Å². The van der Waals surface area contributed by atoms with Crippen molar-refractivity contribution in [2.24, 2.45) is 0 Å². The van der Waals surface area contributed by atoms with Crippen LogP contribution < -0.4 is 10.6 Å². The average molecular weight is 299 g/mol. The van der Waals surface area contributed by atoms with Crippen LogP contribution in [0.3, 0.4) is 0 Å². The van der Waals surface area contributed by atoms with Crippen molar-refractivity contribution < 1.29 is 14.3 Å². The fourth-order valence-corrected chi connectivity index (χ4v) is 1.68. The van der Waals surface area contributed by atoms with Gasteiger partial charge < -0.3 is 15.4 Å². The zero-order valence-corrected chi connectivity index (χ0v) is 12.2. The smallest absolute Gasteiger partial charge is 0.408 e. The molecule has 0 aliphatic rings. The summed E-state index contributed by atoms with van der Waals surface area (Å²) in [5.41, 5.74) is 0.878. The molecule has 1 aromatic heterocycles. The summed E-state index contributed by atoms with van der Waals surface area (Å²) in [4.78, 5) is 27.5. The Labute approximate surface area is 128 Å². The van der Waals surface area contributed by atoms with Crippen molar-refractivity contribution in [2.45, 2.75) is 19.6 Å². The van der Waals surface area contributed by atoms with Crippen molar-refractivity contribution >= 4 is 17.8 Å². The Hall–Kier alpha value is -2.89. The normalized spacial score (nSPS) is 11.3. The van der Waals surface area contributed by atoms with E-state index in [9.17, 15) is 9.59 Å². The Morgan fingerprint density at radius 3 is 2.55 bits per heavy atom. The highest BCUT2D eigenvalue weighted by Gasteiger charge is 2.16. The number of carbonyl (C=O) groups excluding carboxylic acids is 2. The number of ether oxygens (including phenoxy) is 1. The largest absolute Gasteiger partial charge is 0.445 e. The molecule has 6 nitrogen and oxygen atoms in total. The molecule has 1 atom stereocenters. The number of hydrogen-bond acceptors (Lipinski definition) is 4. The Morgan fingerprint density at radius 1 is 1.14 bits per heavy atom. The molecule has 22 heavy (non-hydrogen) atoms. The van der Waals surface area contributed by atoms with Crippen LogP contribution in [0.5, 0.6) is 0 Å². The van der Waals surface area contributed by atoms with Crippen LogP contribution in [0, 0.1) is 0 Å². The molecule has 2 amide bonds. The first kappa shape index (κ1) is 15.5. The number of carbonyl (C=O) groups is 2. The van der Waals surface area contributed by atoms with E-state index in [1.54, 1.807) is 31.3 Å². The zero-order chi connectivity index (χ0) is 15.8. The molecule has 0 saturated heterocycles. The summed E-state index contributed by atoms with van der Waals surface area (Å²) < 4.78 is 5.05. The molecule has 0 unspecified atom stereocenters. The van der Waals surface area contributed by atoms with Crippen LogP contribution in [0.4, 0.5) is 10.6 Å². The second kappa shape index (κ2) is 7.78. The van der Waals surface area contributed by atoms with Crippen molar-refractivity contribution in [1.82, 2.24) is 10.3 Å². The van der Waals surface area contributed by atoms with E-state index in [0.717, 1.165) is 5.56 Å². The van der Waals surface area contributed by atoms with E-state index in [4.69, 9.17) is 4.74 Å². The van der Waals surface area contributed by atoms with E-state index in [0.29, 0.717) is 5.82 Å². The van der Waals surface area contributed by atoms with Crippen molar-refractivity contribution in [3.8, 4) is 0 Å². The summed E-state index contributed by atoms with van der Waals surface area (Å²) in [6.45, 7) is 1.73. The lowest BCUT2D eigenvalue weighted by Gasteiger charge is -2.13. The third-order valence-electron chi connectivity index (χ3n) is 2.86. The van der Waals surface area contributed by atoms with Gasteiger partial charge in [0.05, 0.1) is 0 Å². The predicted octanol–water partition coefficient (Wildman–Crippen LogP) is 2.33. The van der Waals surface area contributed by atoms with Gasteiger partial charge in [-0.25, -0.2) is 9.78 Å². The molecule has 0 spiro atoms. The minimum atomic E-state index is -0.731. The van der Waals surface area contributed by atoms with Gasteiger partial charge in [-0.2, -0.15) is 0 Å². The highest BCUT2D eigenvalue weighted by Crippen LogP contribution is 2.02. The summed E-state index contributed by atoms with van der Waals surface area (Å²) in [6, 6.07) is 13.7. The number of hydrogen-bond donors (Lipinski definition) is 2. The first-order chi connectivity index (χ1) is 10.6. The van der Waals surface area contributed by atoms with Crippen LogP contribution in [0.1, 0.15) is 12.5 Å². The highest BCUT2D eigenvalue weighted by molar-refractivity contribution is 5.95. The second-order valence-corrected chi connectivity index (χ2v) is 4.63. The van der Waals surface area contributed by atoms with Gasteiger partial charge in [0.15, 0.2) is 0 Å². The number of nitrogens with one attached hydrogen (secondary N) is 2. The number of nitrogens with zero attached hydrogens (tertiary/aromatic N) is 1. The summed E-state index contributed by atoms with van der Waals surface area (Å²) in [7, 11) is 0. The standard InChI is InChI=1S/C16H17N3O3/c1-12(15(20)19-14-9-5-6-10-17-14)18-16(21)22-11-13-7-3-2-4-8-13/h2-10,12H,11H2,1H3,(H,18,21)(H,17,19,20)/t12-/m1/s1. The molecule has 2 aromatic rings. The lowest BCUT2D eigenvalue weighted by atomic mass is 10.2. The van der Waals surface area contributed by atoms with Crippen molar-refractivity contribution in [3.05, 3.63) is 60.3 Å². The molecule has 1 aromatic carbocycles. The molecule has 0 aliphatic heterocycles. The molecule has 0 radical (unpaired) electrons. The van der Waals surface area contributed by atoms with E-state index < -0.39 is 12.1 Å². The summed E-state index contributed by atoms with van der Waals surface area (Å²) >= 11 is 0. The summed E-state index contributed by atoms with van der Waals surface area (Å²) in [5.74, 6) is 0.0640. The topological polar surface area (TPSA) is 80.3 Å². The SMILES string of the molecule is C[C@@H](NC(=O)OCc1ccccc1)C(=O)Nc1ccccn1. The maximum Gasteiger partial charge on any atom is 0.408 e. The highest BCUT2D eigenvalue weighted by atomic mass is 16.5. The molecule has 0 saturated carbocycles. The summed E-state index contributed by atoms with van der Waals surface area (Å²) in [5, 5.41) is 5.07. The van der Waals surface area contributed by atoms with Crippen LogP contribution >= 0.6 is 0 Å². The number of benzene rings is 1. The number of alkyl carbamates (subject to hydrolysis) is 1. The van der Waals surface area contributed by atoms with E-state index in [1.165, 1.54) is 0 Å². The van der Waals surface area contributed by atoms with E-state index in [-0.39, 0.29) is 12.5 Å². The molecule has 0 fully saturated rings. The van der Waals surface area contributed by atoms with Crippen molar-refractivity contribution in [1.29, 1.82) is 0 Å². The Kier molecular flexibility index (Phi) is 5.48. The fourth-order valence-electron chi connectivity index (χ4n) is 1.68. The molecule has 1 heterocycles. The van der Waals surface area contributed by atoms with Gasteiger partial charge in [0.2, 0.25) is 5.91 Å². The lowest BCUT2D eigenvalue weighted by Crippen LogP contribution is -2.41. The first-order valence-corrected chi connectivity index (χ1v) is 6.84. The maximum absolute atomic E-state index is 11.9. The van der Waals surface area contributed by atoms with Crippen molar-refractivity contribution in [2.75, 3.05) is 5.32 Å².